The van der Waals surface area contributed by atoms with Crippen molar-refractivity contribution in [1.29, 1.82) is 0 Å². The molecule has 20 nitrogen and oxygen atoms in total. The van der Waals surface area contributed by atoms with E-state index in [-0.39, 0.29) is 127 Å². The molecule has 0 fully saturated rings. The first-order valence-corrected chi connectivity index (χ1v) is 24.2. The van der Waals surface area contributed by atoms with Crippen molar-refractivity contribution in [2.45, 2.75) is 13.2 Å². The molecular weight excluding hydrogens is 1130 g/mol. The first-order valence-electron chi connectivity index (χ1n) is 23.1. The fourth-order valence-electron chi connectivity index (χ4n) is 8.89. The van der Waals surface area contributed by atoms with Crippen LogP contribution in [-0.4, -0.2) is 74.4 Å². The number of carboxylic acids is 4. The third-order valence-corrected chi connectivity index (χ3v) is 13.6. The van der Waals surface area contributed by atoms with Crippen LogP contribution in [0.2, 0.25) is 15.1 Å². The average Bonchev–Trinajstić information content (AvgIpc) is 4.40. The molecule has 4 N–H and O–H groups in total. The van der Waals surface area contributed by atoms with Gasteiger partial charge in [0, 0.05) is 54.8 Å². The summed E-state index contributed by atoms with van der Waals surface area (Å²) >= 11 is 21.9. The second-order valence-electron chi connectivity index (χ2n) is 17.4. The molecule has 0 saturated heterocycles. The second-order valence-corrected chi connectivity index (χ2v) is 18.6. The van der Waals surface area contributed by atoms with Crippen molar-refractivity contribution in [2.75, 3.05) is 0 Å². The van der Waals surface area contributed by atoms with E-state index in [9.17, 15) is 39.6 Å². The summed E-state index contributed by atoms with van der Waals surface area (Å²) in [5.74, 6) is -5.03. The first kappa shape index (κ1) is 51.7. The summed E-state index contributed by atoms with van der Waals surface area (Å²) in [6.07, 6.45) is 0. The van der Waals surface area contributed by atoms with Gasteiger partial charge in [-0.3, -0.25) is 0 Å². The van der Waals surface area contributed by atoms with Gasteiger partial charge in [0.25, 0.3) is 5.69 Å². The Morgan fingerprint density at radius 2 is 0.924 bits per heavy atom. The maximum absolute atomic E-state index is 11.9. The molecule has 0 radical (unpaired) electrons. The van der Waals surface area contributed by atoms with Crippen molar-refractivity contribution >= 4 is 103 Å². The van der Waals surface area contributed by atoms with Gasteiger partial charge in [0.1, 0.15) is 35.5 Å². The van der Waals surface area contributed by atoms with Gasteiger partial charge in [-0.05, 0) is 82.6 Å². The monoisotopic (exact) mass is 1160 g/mol. The van der Waals surface area contributed by atoms with Crippen LogP contribution in [0.1, 0.15) is 52.6 Å². The number of hydrogen-bond acceptors (Lipinski definition) is 13. The Labute approximate surface area is 470 Å². The second kappa shape index (κ2) is 20.5. The molecule has 12 rings (SSSR count). The van der Waals surface area contributed by atoms with Crippen LogP contribution in [0, 0.1) is 0 Å². The van der Waals surface area contributed by atoms with E-state index >= 15 is 0 Å². The number of rotatable bonds is 12. The molecule has 3 aromatic heterocycles. The van der Waals surface area contributed by atoms with Crippen molar-refractivity contribution in [3.8, 4) is 62.8 Å². The predicted octanol–water partition coefficient (Wildman–Crippen LogP) is 10.4. The van der Waals surface area contributed by atoms with E-state index in [1.54, 1.807) is 12.1 Å². The summed E-state index contributed by atoms with van der Waals surface area (Å²) in [6.45, 7) is -0.618. The maximum Gasteiger partial charge on any atom is 2.00 e. The molecule has 5 heterocycles. The molecule has 24 heteroatoms. The Morgan fingerprint density at radius 3 is 1.46 bits per heavy atom. The predicted molar refractivity (Wildman–Crippen MR) is 281 cm³/mol. The SMILES string of the molecule is O=C(O)c1cc(OCc2cc(COc3cc(C(=O)O)cc(C(=O)O)c3)cc(Oc3c(Cl)c(Cl)c4c5nc6nc(nc7[n-]c(nc8n[n+](nc([n-]5)c4c3Cl)-c3ccccc3-8)c3ccccc73)-c3ccccc3-6)c2)cc(C(=O)O)c1.[Zn+2]. The number of carboxylic acid groups (broad SMARTS) is 4. The van der Waals surface area contributed by atoms with Crippen molar-refractivity contribution in [3.63, 3.8) is 0 Å². The fraction of sp³-hybridized carbons (Fsp3) is 0.0364. The topological polar surface area (TPSA) is 286 Å². The summed E-state index contributed by atoms with van der Waals surface area (Å²) in [5, 5.41) is 49.9. The molecule has 0 spiro atoms. The molecule has 0 amide bonds. The summed E-state index contributed by atoms with van der Waals surface area (Å²) in [5.41, 5.74) is 2.54. The molecular formula is C55H29Cl3N9O11Zn+. The van der Waals surface area contributed by atoms with E-state index in [1.165, 1.54) is 16.9 Å². The largest absolute Gasteiger partial charge is 2.00 e. The number of benzene rings is 7. The molecule has 0 atom stereocenters. The quantitative estimate of drug-likeness (QED) is 0.0502. The molecule has 8 bridgehead atoms. The normalized spacial score (nSPS) is 11.4. The van der Waals surface area contributed by atoms with Gasteiger partial charge >= 0.3 is 43.4 Å². The van der Waals surface area contributed by atoms with Crippen molar-refractivity contribution < 1.29 is 78.1 Å². The van der Waals surface area contributed by atoms with Crippen LogP contribution in [0.4, 0.5) is 0 Å². The Bertz CT molecular complexity index is 4320. The zero-order valence-corrected chi connectivity index (χ0v) is 45.3. The fourth-order valence-corrected chi connectivity index (χ4v) is 9.74. The number of aromatic carboxylic acids is 4. The van der Waals surface area contributed by atoms with E-state index in [4.69, 9.17) is 89.1 Å². The molecule has 79 heavy (non-hydrogen) atoms. The van der Waals surface area contributed by atoms with Gasteiger partial charge in [0.05, 0.1) is 55.2 Å². The summed E-state index contributed by atoms with van der Waals surface area (Å²) in [6, 6.07) is 33.5. The van der Waals surface area contributed by atoms with Crippen molar-refractivity contribution in [3.05, 3.63) is 176 Å². The van der Waals surface area contributed by atoms with Crippen LogP contribution in [0.15, 0.2) is 127 Å². The van der Waals surface area contributed by atoms with Crippen molar-refractivity contribution in [2.24, 2.45) is 0 Å². The van der Waals surface area contributed by atoms with E-state index in [2.05, 4.69) is 0 Å². The molecule has 0 aliphatic carbocycles. The van der Waals surface area contributed by atoms with Gasteiger partial charge in [-0.1, -0.05) is 101 Å². The number of fused-ring (bicyclic) bond motifs is 20. The van der Waals surface area contributed by atoms with E-state index < -0.39 is 23.9 Å². The molecule has 0 saturated carbocycles. The van der Waals surface area contributed by atoms with Gasteiger partial charge in [-0.15, -0.1) is 0 Å². The van der Waals surface area contributed by atoms with E-state index in [0.29, 0.717) is 50.6 Å². The van der Waals surface area contributed by atoms with Gasteiger partial charge in [-0.2, -0.15) is 0 Å². The molecule has 0 unspecified atom stereocenters. The first-order chi connectivity index (χ1) is 37.6. The Balaban J connectivity index is 0.00000660. The molecule has 7 aromatic carbocycles. The van der Waals surface area contributed by atoms with Gasteiger partial charge in [0.15, 0.2) is 11.6 Å². The third-order valence-electron chi connectivity index (χ3n) is 12.4. The Hall–Kier alpha value is -9.40. The summed E-state index contributed by atoms with van der Waals surface area (Å²) < 4.78 is 18.5. The minimum absolute atomic E-state index is 0. The average molecular weight is 1160 g/mol. The minimum Gasteiger partial charge on any atom is -0.489 e. The molecule has 382 valence electrons. The van der Waals surface area contributed by atoms with E-state index in [0.717, 1.165) is 47.2 Å². The van der Waals surface area contributed by atoms with Crippen LogP contribution in [0.3, 0.4) is 0 Å². The third kappa shape index (κ3) is 9.65. The van der Waals surface area contributed by atoms with Crippen LogP contribution >= 0.6 is 34.8 Å². The van der Waals surface area contributed by atoms with Crippen LogP contribution in [0.25, 0.3) is 84.0 Å². The number of nitrogens with zero attached hydrogens (tertiary/aromatic N) is 9. The number of para-hydroxylation sites is 1. The smallest absolute Gasteiger partial charge is 0.489 e. The Morgan fingerprint density at radius 1 is 0.468 bits per heavy atom. The maximum atomic E-state index is 11.9. The zero-order chi connectivity index (χ0) is 54.1. The summed E-state index contributed by atoms with van der Waals surface area (Å²) in [7, 11) is 0. The number of halogens is 3. The van der Waals surface area contributed by atoms with Crippen LogP contribution in [0.5, 0.6) is 23.0 Å². The van der Waals surface area contributed by atoms with Crippen molar-refractivity contribution in [1.82, 2.24) is 40.1 Å². The number of aromatic nitrogens is 9. The molecule has 10 aromatic rings. The van der Waals surface area contributed by atoms with Gasteiger partial charge < -0.3 is 59.6 Å². The van der Waals surface area contributed by atoms with Gasteiger partial charge in [0.2, 0.25) is 0 Å². The van der Waals surface area contributed by atoms with Gasteiger partial charge in [-0.25, -0.2) is 24.2 Å². The van der Waals surface area contributed by atoms with Crippen LogP contribution in [-0.2, 0) is 32.7 Å². The molecule has 2 aliphatic rings. The number of hydrogen-bond donors (Lipinski definition) is 4. The number of carbonyl (C=O) groups is 4. The Kier molecular flexibility index (Phi) is 13.4. The van der Waals surface area contributed by atoms with E-state index in [1.807, 2.05) is 66.7 Å². The zero-order valence-electron chi connectivity index (χ0n) is 40.1. The summed E-state index contributed by atoms with van der Waals surface area (Å²) in [4.78, 5) is 78.6. The number of ether oxygens (including phenoxy) is 3. The standard InChI is InChI=1S/C55H30Cl3N9O11.Zn/c56-41-39-40(51-64-50(39)63-48-36-10-4-2-8-34(36)46(61-48)59-45-33-7-1-3-9-35(33)47(60-45)62-49-37-11-5-6-12-38(37)67(65-49)66-51)42(57)44(43(41)58)78-32-14-24(22-76-30-18-26(52(68)69)16-27(19-30)53(70)71)13-25(15-32)23-77-31-20-28(54(72)73)17-29(21-31)55(74)75;/h1-21H,22-23H2,(H5,59,60,61,62,63,64,65,66,68,69,70,71,72,73,74,75);/q;+2/p-1. The minimum atomic E-state index is -1.39. The van der Waals surface area contributed by atoms with Crippen LogP contribution < -0.4 is 29.0 Å². The molecule has 2 aliphatic heterocycles.